The van der Waals surface area contributed by atoms with Crippen molar-refractivity contribution in [2.24, 2.45) is 0 Å². The molecule has 0 spiro atoms. The van der Waals surface area contributed by atoms with E-state index in [1.165, 1.54) is 34.2 Å². The quantitative estimate of drug-likeness (QED) is 0.870. The molecule has 3 rings (SSSR count). The van der Waals surface area contributed by atoms with Crippen molar-refractivity contribution < 1.29 is 4.79 Å². The second kappa shape index (κ2) is 6.79. The molecule has 0 saturated heterocycles. The number of amides is 1. The first-order chi connectivity index (χ1) is 10.6. The number of nitrogens with zero attached hydrogens (tertiary/aromatic N) is 2. The normalized spacial score (nSPS) is 18.5. The Hall–Kier alpha value is -1.40. The Bertz CT molecular complexity index is 671. The summed E-state index contributed by atoms with van der Waals surface area (Å²) < 4.78 is 0.851. The van der Waals surface area contributed by atoms with E-state index in [0.29, 0.717) is 0 Å². The number of nitrogens with one attached hydrogen (secondary N) is 1. The molecule has 1 aromatic carbocycles. The highest BCUT2D eigenvalue weighted by Gasteiger charge is 2.24. The number of thioether (sulfide) groups is 1. The van der Waals surface area contributed by atoms with E-state index in [1.54, 1.807) is 0 Å². The van der Waals surface area contributed by atoms with E-state index in [0.717, 1.165) is 28.6 Å². The number of fused-ring (bicyclic) bond motifs is 1. The summed E-state index contributed by atoms with van der Waals surface area (Å²) in [4.78, 5) is 12.5. The number of carbonyl (C=O) groups is 1. The van der Waals surface area contributed by atoms with E-state index in [2.05, 4.69) is 33.7 Å². The van der Waals surface area contributed by atoms with Crippen molar-refractivity contribution in [3.8, 4) is 0 Å². The van der Waals surface area contributed by atoms with Crippen LogP contribution in [0, 0.1) is 6.92 Å². The third-order valence-corrected chi connectivity index (χ3v) is 5.86. The van der Waals surface area contributed by atoms with Gasteiger partial charge in [0, 0.05) is 0 Å². The monoisotopic (exact) mass is 333 g/mol. The first-order valence-corrected chi connectivity index (χ1v) is 9.18. The van der Waals surface area contributed by atoms with Gasteiger partial charge in [0.1, 0.15) is 5.01 Å². The van der Waals surface area contributed by atoms with Gasteiger partial charge in [0.25, 0.3) is 0 Å². The zero-order valence-corrected chi connectivity index (χ0v) is 14.3. The van der Waals surface area contributed by atoms with Gasteiger partial charge in [-0.1, -0.05) is 47.4 Å². The molecule has 2 unspecified atom stereocenters. The highest BCUT2D eigenvalue weighted by atomic mass is 32.2. The Kier molecular flexibility index (Phi) is 4.78. The molecule has 1 aliphatic rings. The molecule has 22 heavy (non-hydrogen) atoms. The van der Waals surface area contributed by atoms with E-state index < -0.39 is 0 Å². The molecule has 1 aromatic heterocycles. The molecule has 0 radical (unpaired) electrons. The van der Waals surface area contributed by atoms with Crippen LogP contribution in [0.4, 0.5) is 0 Å². The SMILES string of the molecule is Cc1nnc(SC(C)C(=O)NC2CCCc3ccccc32)s1. The zero-order chi connectivity index (χ0) is 15.5. The van der Waals surface area contributed by atoms with Crippen LogP contribution in [0.15, 0.2) is 28.6 Å². The number of rotatable bonds is 4. The summed E-state index contributed by atoms with van der Waals surface area (Å²) >= 11 is 3.00. The third-order valence-electron chi connectivity index (χ3n) is 3.84. The maximum absolute atomic E-state index is 12.5. The minimum atomic E-state index is -0.165. The lowest BCUT2D eigenvalue weighted by Gasteiger charge is -2.27. The molecule has 1 amide bonds. The van der Waals surface area contributed by atoms with Gasteiger partial charge in [-0.3, -0.25) is 4.79 Å². The third kappa shape index (κ3) is 3.50. The summed E-state index contributed by atoms with van der Waals surface area (Å²) in [5, 5.41) is 12.0. The minimum Gasteiger partial charge on any atom is -0.348 e. The summed E-state index contributed by atoms with van der Waals surface area (Å²) in [6.07, 6.45) is 3.24. The standard InChI is InChI=1S/C16H19N3OS2/c1-10(21-16-19-18-11(2)22-16)15(20)17-14-9-5-7-12-6-3-4-8-13(12)14/h3-4,6,8,10,14H,5,7,9H2,1-2H3,(H,17,20). The fraction of sp³-hybridized carbons (Fsp3) is 0.438. The van der Waals surface area contributed by atoms with Gasteiger partial charge in [0.2, 0.25) is 5.91 Å². The van der Waals surface area contributed by atoms with Crippen LogP contribution < -0.4 is 5.32 Å². The Morgan fingerprint density at radius 1 is 1.41 bits per heavy atom. The van der Waals surface area contributed by atoms with Crippen LogP contribution in [0.2, 0.25) is 0 Å². The summed E-state index contributed by atoms with van der Waals surface area (Å²) in [6.45, 7) is 3.84. The Morgan fingerprint density at radius 3 is 3.00 bits per heavy atom. The van der Waals surface area contributed by atoms with Crippen molar-refractivity contribution in [1.82, 2.24) is 15.5 Å². The molecule has 0 saturated carbocycles. The van der Waals surface area contributed by atoms with Gasteiger partial charge >= 0.3 is 0 Å². The van der Waals surface area contributed by atoms with Gasteiger partial charge in [-0.15, -0.1) is 10.2 Å². The molecule has 116 valence electrons. The molecule has 4 nitrogen and oxygen atoms in total. The number of hydrogen-bond acceptors (Lipinski definition) is 5. The number of benzene rings is 1. The van der Waals surface area contributed by atoms with Crippen LogP contribution in [0.3, 0.4) is 0 Å². The van der Waals surface area contributed by atoms with Gasteiger partial charge < -0.3 is 5.32 Å². The topological polar surface area (TPSA) is 54.9 Å². The first kappa shape index (κ1) is 15.5. The van der Waals surface area contributed by atoms with Gasteiger partial charge in [0.05, 0.1) is 11.3 Å². The van der Waals surface area contributed by atoms with Crippen molar-refractivity contribution in [2.75, 3.05) is 0 Å². The molecule has 1 heterocycles. The predicted molar refractivity (Wildman–Crippen MR) is 90.2 cm³/mol. The van der Waals surface area contributed by atoms with Crippen LogP contribution in [0.1, 0.15) is 41.9 Å². The minimum absolute atomic E-state index is 0.0690. The lowest BCUT2D eigenvalue weighted by molar-refractivity contribution is -0.121. The molecule has 2 aromatic rings. The van der Waals surface area contributed by atoms with Crippen molar-refractivity contribution in [3.63, 3.8) is 0 Å². The average molecular weight is 333 g/mol. The number of carbonyl (C=O) groups excluding carboxylic acids is 1. The largest absolute Gasteiger partial charge is 0.348 e. The van der Waals surface area contributed by atoms with Crippen LogP contribution in [0.25, 0.3) is 0 Å². The second-order valence-corrected chi connectivity index (χ2v) is 8.27. The average Bonchev–Trinajstić information content (AvgIpc) is 2.92. The molecule has 6 heteroatoms. The van der Waals surface area contributed by atoms with Crippen LogP contribution >= 0.6 is 23.1 Å². The van der Waals surface area contributed by atoms with Crippen molar-refractivity contribution in [2.45, 2.75) is 48.7 Å². The summed E-state index contributed by atoms with van der Waals surface area (Å²) in [6, 6.07) is 8.54. The molecule has 2 atom stereocenters. The first-order valence-electron chi connectivity index (χ1n) is 7.48. The van der Waals surface area contributed by atoms with Gasteiger partial charge in [0.15, 0.2) is 4.34 Å². The molecular weight excluding hydrogens is 314 g/mol. The Balaban J connectivity index is 1.64. The molecule has 0 aliphatic heterocycles. The maximum atomic E-state index is 12.5. The molecule has 1 N–H and O–H groups in total. The van der Waals surface area contributed by atoms with Crippen molar-refractivity contribution in [3.05, 3.63) is 40.4 Å². The summed E-state index contributed by atoms with van der Waals surface area (Å²) in [5.74, 6) is 0.0690. The summed E-state index contributed by atoms with van der Waals surface area (Å²) in [7, 11) is 0. The zero-order valence-electron chi connectivity index (χ0n) is 12.7. The van der Waals surface area contributed by atoms with Crippen LogP contribution in [-0.2, 0) is 11.2 Å². The highest BCUT2D eigenvalue weighted by Crippen LogP contribution is 2.31. The Labute approximate surface area is 138 Å². The fourth-order valence-corrected chi connectivity index (χ4v) is 4.69. The lowest BCUT2D eigenvalue weighted by atomic mass is 9.88. The Morgan fingerprint density at radius 2 is 2.23 bits per heavy atom. The summed E-state index contributed by atoms with van der Waals surface area (Å²) in [5.41, 5.74) is 2.63. The van der Waals surface area contributed by atoms with Crippen molar-refractivity contribution in [1.29, 1.82) is 0 Å². The van der Waals surface area contributed by atoms with Crippen LogP contribution in [0.5, 0.6) is 0 Å². The van der Waals surface area contributed by atoms with Crippen LogP contribution in [-0.4, -0.2) is 21.4 Å². The van der Waals surface area contributed by atoms with E-state index >= 15 is 0 Å². The maximum Gasteiger partial charge on any atom is 0.233 e. The van der Waals surface area contributed by atoms with Gasteiger partial charge in [-0.05, 0) is 44.2 Å². The van der Waals surface area contributed by atoms with Gasteiger partial charge in [-0.25, -0.2) is 0 Å². The van der Waals surface area contributed by atoms with E-state index in [-0.39, 0.29) is 17.2 Å². The number of aryl methyl sites for hydroxylation is 2. The highest BCUT2D eigenvalue weighted by molar-refractivity contribution is 8.02. The number of aromatic nitrogens is 2. The fourth-order valence-electron chi connectivity index (χ4n) is 2.72. The lowest BCUT2D eigenvalue weighted by Crippen LogP contribution is -2.35. The van der Waals surface area contributed by atoms with E-state index in [4.69, 9.17) is 0 Å². The van der Waals surface area contributed by atoms with E-state index in [1.807, 2.05) is 19.9 Å². The van der Waals surface area contributed by atoms with E-state index in [9.17, 15) is 4.79 Å². The molecule has 0 fully saturated rings. The molecule has 0 bridgehead atoms. The number of hydrogen-bond donors (Lipinski definition) is 1. The smallest absolute Gasteiger partial charge is 0.233 e. The molecule has 1 aliphatic carbocycles. The molecular formula is C16H19N3OS2. The van der Waals surface area contributed by atoms with Crippen molar-refractivity contribution >= 4 is 29.0 Å². The van der Waals surface area contributed by atoms with Gasteiger partial charge in [-0.2, -0.15) is 0 Å². The second-order valence-electron chi connectivity index (χ2n) is 5.50. The predicted octanol–water partition coefficient (Wildman–Crippen LogP) is 3.52.